The normalized spacial score (nSPS) is 12.3. The van der Waals surface area contributed by atoms with Crippen molar-refractivity contribution in [2.45, 2.75) is 44.8 Å². The Bertz CT molecular complexity index is 1070. The van der Waals surface area contributed by atoms with Gasteiger partial charge in [0.05, 0.1) is 12.5 Å². The van der Waals surface area contributed by atoms with Crippen LogP contribution in [0.2, 0.25) is 0 Å². The maximum atomic E-state index is 12.4. The number of benzene rings is 2. The summed E-state index contributed by atoms with van der Waals surface area (Å²) in [7, 11) is 0. The lowest BCUT2D eigenvalue weighted by molar-refractivity contribution is -0.120. The summed E-state index contributed by atoms with van der Waals surface area (Å²) in [6.07, 6.45) is 2.69. The molecule has 0 saturated carbocycles. The molecule has 34 heavy (non-hydrogen) atoms. The second-order valence-electron chi connectivity index (χ2n) is 9.24. The number of phenolic OH excluding ortho intramolecular Hbond substituents is 1. The first-order valence-electron chi connectivity index (χ1n) is 11.5. The standard InChI is InChI=1S/C27H34N4O3/c1-27(2,31-18-24(33)22-8-11-25(28)30-17-22)16-21-5-3-4-20(14-21)15-26(34)29-13-12-19-6-9-23(32)10-7-19/h3-11,14,17,24,31-33H,12-13,15-16,18H2,1-2H3,(H2,28,30)(H,29,34)/t24-/m1/s1. The Hall–Kier alpha value is -3.42. The van der Waals surface area contributed by atoms with Crippen LogP contribution in [0.4, 0.5) is 5.82 Å². The molecule has 0 fully saturated rings. The molecule has 6 N–H and O–H groups in total. The molecule has 0 saturated heterocycles. The molecule has 180 valence electrons. The molecule has 0 aliphatic carbocycles. The molecule has 0 aliphatic rings. The highest BCUT2D eigenvalue weighted by Crippen LogP contribution is 2.18. The number of rotatable bonds is 11. The van der Waals surface area contributed by atoms with E-state index < -0.39 is 6.10 Å². The average Bonchev–Trinajstić information content (AvgIpc) is 2.79. The summed E-state index contributed by atoms with van der Waals surface area (Å²) in [6.45, 7) is 5.11. The molecule has 2 aromatic carbocycles. The van der Waals surface area contributed by atoms with Gasteiger partial charge in [0.15, 0.2) is 0 Å². The van der Waals surface area contributed by atoms with Crippen molar-refractivity contribution in [1.29, 1.82) is 0 Å². The molecular formula is C27H34N4O3. The Balaban J connectivity index is 1.47. The van der Waals surface area contributed by atoms with Crippen LogP contribution in [0.5, 0.6) is 5.75 Å². The molecule has 1 amide bonds. The van der Waals surface area contributed by atoms with Crippen molar-refractivity contribution in [3.05, 3.63) is 89.1 Å². The van der Waals surface area contributed by atoms with E-state index in [4.69, 9.17) is 5.73 Å². The van der Waals surface area contributed by atoms with Crippen LogP contribution in [0.1, 0.15) is 42.2 Å². The molecule has 0 aliphatic heterocycles. The predicted octanol–water partition coefficient (Wildman–Crippen LogP) is 2.92. The molecule has 0 unspecified atom stereocenters. The summed E-state index contributed by atoms with van der Waals surface area (Å²) >= 11 is 0. The Morgan fingerprint density at radius 1 is 1.06 bits per heavy atom. The van der Waals surface area contributed by atoms with Gasteiger partial charge in [-0.1, -0.05) is 42.5 Å². The van der Waals surface area contributed by atoms with E-state index in [0.29, 0.717) is 31.7 Å². The van der Waals surface area contributed by atoms with Crippen molar-refractivity contribution >= 4 is 11.7 Å². The third kappa shape index (κ3) is 8.17. The number of hydrogen-bond acceptors (Lipinski definition) is 6. The SMILES string of the molecule is CC(C)(Cc1cccc(CC(=O)NCCc2ccc(O)cc2)c1)NC[C@@H](O)c1ccc(N)nc1. The second-order valence-corrected chi connectivity index (χ2v) is 9.24. The van der Waals surface area contributed by atoms with Gasteiger partial charge in [0.25, 0.3) is 0 Å². The molecular weight excluding hydrogens is 428 g/mol. The quantitative estimate of drug-likeness (QED) is 0.299. The number of pyridine rings is 1. The van der Waals surface area contributed by atoms with E-state index in [0.717, 1.165) is 28.7 Å². The van der Waals surface area contributed by atoms with E-state index >= 15 is 0 Å². The van der Waals surface area contributed by atoms with E-state index in [1.54, 1.807) is 30.5 Å². The second kappa shape index (κ2) is 11.6. The number of aromatic hydroxyl groups is 1. The van der Waals surface area contributed by atoms with Crippen molar-refractivity contribution in [3.63, 3.8) is 0 Å². The minimum absolute atomic E-state index is 0.0199. The number of anilines is 1. The lowest BCUT2D eigenvalue weighted by atomic mass is 9.93. The topological polar surface area (TPSA) is 120 Å². The van der Waals surface area contributed by atoms with Gasteiger partial charge in [-0.25, -0.2) is 4.98 Å². The van der Waals surface area contributed by atoms with Crippen LogP contribution in [-0.4, -0.2) is 39.7 Å². The zero-order valence-electron chi connectivity index (χ0n) is 19.8. The van der Waals surface area contributed by atoms with Crippen LogP contribution in [0, 0.1) is 0 Å². The molecule has 1 heterocycles. The first-order valence-corrected chi connectivity index (χ1v) is 11.5. The Kier molecular flexibility index (Phi) is 8.62. The number of nitrogen functional groups attached to an aromatic ring is 1. The van der Waals surface area contributed by atoms with Crippen LogP contribution in [-0.2, 0) is 24.1 Å². The van der Waals surface area contributed by atoms with Gasteiger partial charge in [-0.2, -0.15) is 0 Å². The number of nitrogens with two attached hydrogens (primary N) is 1. The van der Waals surface area contributed by atoms with Gasteiger partial charge in [-0.05, 0) is 61.6 Å². The predicted molar refractivity (Wildman–Crippen MR) is 134 cm³/mol. The molecule has 7 heteroatoms. The summed E-state index contributed by atoms with van der Waals surface area (Å²) in [5.41, 5.74) is 9.22. The summed E-state index contributed by atoms with van der Waals surface area (Å²) < 4.78 is 0. The van der Waals surface area contributed by atoms with Gasteiger partial charge in [0.1, 0.15) is 11.6 Å². The van der Waals surface area contributed by atoms with Crippen LogP contribution >= 0.6 is 0 Å². The number of carbonyl (C=O) groups excluding carboxylic acids is 1. The fraction of sp³-hybridized carbons (Fsp3) is 0.333. The summed E-state index contributed by atoms with van der Waals surface area (Å²) in [4.78, 5) is 16.4. The molecule has 0 spiro atoms. The summed E-state index contributed by atoms with van der Waals surface area (Å²) in [6, 6.07) is 18.5. The largest absolute Gasteiger partial charge is 0.508 e. The zero-order valence-corrected chi connectivity index (χ0v) is 19.8. The lowest BCUT2D eigenvalue weighted by Crippen LogP contribution is -2.43. The van der Waals surface area contributed by atoms with Crippen LogP contribution in [0.25, 0.3) is 0 Å². The molecule has 0 radical (unpaired) electrons. The lowest BCUT2D eigenvalue weighted by Gasteiger charge is -2.28. The molecule has 1 atom stereocenters. The number of nitrogens with one attached hydrogen (secondary N) is 2. The number of phenols is 1. The van der Waals surface area contributed by atoms with Crippen LogP contribution in [0.3, 0.4) is 0 Å². The first kappa shape index (κ1) is 25.2. The van der Waals surface area contributed by atoms with Gasteiger partial charge in [0.2, 0.25) is 5.91 Å². The summed E-state index contributed by atoms with van der Waals surface area (Å²) in [5.74, 6) is 0.644. The van der Waals surface area contributed by atoms with Crippen molar-refractivity contribution in [3.8, 4) is 5.75 Å². The molecule has 3 aromatic rings. The Morgan fingerprint density at radius 3 is 2.50 bits per heavy atom. The number of carbonyl (C=O) groups is 1. The van der Waals surface area contributed by atoms with E-state index in [1.165, 1.54) is 0 Å². The van der Waals surface area contributed by atoms with Gasteiger partial charge in [-0.3, -0.25) is 4.79 Å². The number of amides is 1. The number of β-amino-alcohol motifs (C(OH)–C–C–N with tert-alkyl or cyclic N) is 1. The fourth-order valence-electron chi connectivity index (χ4n) is 3.78. The molecule has 7 nitrogen and oxygen atoms in total. The van der Waals surface area contributed by atoms with Crippen molar-refractivity contribution in [2.24, 2.45) is 0 Å². The van der Waals surface area contributed by atoms with E-state index in [1.807, 2.05) is 24.3 Å². The minimum Gasteiger partial charge on any atom is -0.508 e. The maximum absolute atomic E-state index is 12.4. The highest BCUT2D eigenvalue weighted by Gasteiger charge is 2.20. The number of aliphatic hydroxyl groups excluding tert-OH is 1. The average molecular weight is 463 g/mol. The molecule has 1 aromatic heterocycles. The highest BCUT2D eigenvalue weighted by molar-refractivity contribution is 5.78. The number of hydrogen-bond donors (Lipinski definition) is 5. The number of aromatic nitrogens is 1. The minimum atomic E-state index is -0.677. The molecule has 0 bridgehead atoms. The van der Waals surface area contributed by atoms with Crippen LogP contribution < -0.4 is 16.4 Å². The first-order chi connectivity index (χ1) is 16.2. The van der Waals surface area contributed by atoms with Crippen molar-refractivity contribution < 1.29 is 15.0 Å². The van der Waals surface area contributed by atoms with E-state index in [9.17, 15) is 15.0 Å². The summed E-state index contributed by atoms with van der Waals surface area (Å²) in [5, 5.41) is 26.2. The van der Waals surface area contributed by atoms with Gasteiger partial charge in [-0.15, -0.1) is 0 Å². The Labute approximate surface area is 201 Å². The van der Waals surface area contributed by atoms with Gasteiger partial charge < -0.3 is 26.6 Å². The highest BCUT2D eigenvalue weighted by atomic mass is 16.3. The third-order valence-corrected chi connectivity index (χ3v) is 5.64. The van der Waals surface area contributed by atoms with E-state index in [2.05, 4.69) is 41.6 Å². The van der Waals surface area contributed by atoms with Crippen molar-refractivity contribution in [2.75, 3.05) is 18.8 Å². The molecule has 3 rings (SSSR count). The maximum Gasteiger partial charge on any atom is 0.224 e. The fourth-order valence-corrected chi connectivity index (χ4v) is 3.78. The zero-order chi connectivity index (χ0) is 24.6. The van der Waals surface area contributed by atoms with E-state index in [-0.39, 0.29) is 17.2 Å². The Morgan fingerprint density at radius 2 is 1.79 bits per heavy atom. The number of nitrogens with zero attached hydrogens (tertiary/aromatic N) is 1. The monoisotopic (exact) mass is 462 g/mol. The van der Waals surface area contributed by atoms with Crippen molar-refractivity contribution in [1.82, 2.24) is 15.6 Å². The smallest absolute Gasteiger partial charge is 0.224 e. The number of aliphatic hydroxyl groups is 1. The third-order valence-electron chi connectivity index (χ3n) is 5.64. The van der Waals surface area contributed by atoms with Crippen LogP contribution in [0.15, 0.2) is 66.9 Å². The van der Waals surface area contributed by atoms with Gasteiger partial charge >= 0.3 is 0 Å². The van der Waals surface area contributed by atoms with Gasteiger partial charge in [0, 0.05) is 30.4 Å².